The number of carbonyl (C=O) groups excluding carboxylic acids is 2. The lowest BCUT2D eigenvalue weighted by Gasteiger charge is -2.07. The van der Waals surface area contributed by atoms with Gasteiger partial charge in [-0.2, -0.15) is 0 Å². The van der Waals surface area contributed by atoms with Crippen molar-refractivity contribution in [3.8, 4) is 0 Å². The number of carbonyl (C=O) groups is 2. The SMILES string of the molecule is CCOC(=O)/C=C/c1cccc(=O)n1CC(=O)OC. The molecule has 1 aromatic heterocycles. The molecule has 1 rings (SSSR count). The summed E-state index contributed by atoms with van der Waals surface area (Å²) in [5, 5.41) is 0. The van der Waals surface area contributed by atoms with E-state index < -0.39 is 11.9 Å². The van der Waals surface area contributed by atoms with Crippen LogP contribution in [0.3, 0.4) is 0 Å². The number of methoxy groups -OCH3 is 1. The van der Waals surface area contributed by atoms with Crippen molar-refractivity contribution in [3.05, 3.63) is 40.3 Å². The van der Waals surface area contributed by atoms with Crippen LogP contribution in [0.2, 0.25) is 0 Å². The molecule has 0 unspecified atom stereocenters. The highest BCUT2D eigenvalue weighted by molar-refractivity contribution is 5.86. The highest BCUT2D eigenvalue weighted by Gasteiger charge is 2.07. The van der Waals surface area contributed by atoms with Crippen LogP contribution in [0.1, 0.15) is 12.6 Å². The Balaban J connectivity index is 3.00. The fourth-order valence-corrected chi connectivity index (χ4v) is 1.39. The molecular formula is C13H15NO5. The molecule has 6 nitrogen and oxygen atoms in total. The molecule has 0 atom stereocenters. The molecule has 6 heteroatoms. The van der Waals surface area contributed by atoms with Gasteiger partial charge in [-0.15, -0.1) is 0 Å². The molecule has 102 valence electrons. The summed E-state index contributed by atoms with van der Waals surface area (Å²) in [4.78, 5) is 34.1. The van der Waals surface area contributed by atoms with E-state index in [9.17, 15) is 14.4 Å². The monoisotopic (exact) mass is 265 g/mol. The summed E-state index contributed by atoms with van der Waals surface area (Å²) in [6.07, 6.45) is 2.62. The number of aromatic nitrogens is 1. The molecule has 0 N–H and O–H groups in total. The average molecular weight is 265 g/mol. The highest BCUT2D eigenvalue weighted by atomic mass is 16.5. The normalized spacial score (nSPS) is 10.4. The van der Waals surface area contributed by atoms with Gasteiger partial charge in [0.15, 0.2) is 0 Å². The minimum atomic E-state index is -0.543. The zero-order chi connectivity index (χ0) is 14.3. The molecule has 0 spiro atoms. The Morgan fingerprint density at radius 3 is 2.74 bits per heavy atom. The molecule has 1 aromatic rings. The Kier molecular flexibility index (Phi) is 5.53. The highest BCUT2D eigenvalue weighted by Crippen LogP contribution is 2.01. The van der Waals surface area contributed by atoms with Crippen LogP contribution in [0.25, 0.3) is 6.08 Å². The first-order valence-electron chi connectivity index (χ1n) is 5.70. The van der Waals surface area contributed by atoms with Crippen molar-refractivity contribution in [1.82, 2.24) is 4.57 Å². The van der Waals surface area contributed by atoms with Crippen molar-refractivity contribution in [3.63, 3.8) is 0 Å². The van der Waals surface area contributed by atoms with Gasteiger partial charge in [-0.25, -0.2) is 4.79 Å². The number of rotatable bonds is 5. The molecule has 0 aliphatic carbocycles. The molecular weight excluding hydrogens is 250 g/mol. The van der Waals surface area contributed by atoms with E-state index >= 15 is 0 Å². The molecule has 0 fully saturated rings. The maximum atomic E-state index is 11.7. The Labute approximate surface area is 110 Å². The fourth-order valence-electron chi connectivity index (χ4n) is 1.39. The predicted molar refractivity (Wildman–Crippen MR) is 68.4 cm³/mol. The van der Waals surface area contributed by atoms with Gasteiger partial charge < -0.3 is 9.47 Å². The maximum absolute atomic E-state index is 11.7. The summed E-state index contributed by atoms with van der Waals surface area (Å²) < 4.78 is 10.5. The van der Waals surface area contributed by atoms with Crippen molar-refractivity contribution in [2.75, 3.05) is 13.7 Å². The van der Waals surface area contributed by atoms with E-state index in [0.29, 0.717) is 5.69 Å². The van der Waals surface area contributed by atoms with Crippen molar-refractivity contribution in [1.29, 1.82) is 0 Å². The van der Waals surface area contributed by atoms with Crippen molar-refractivity contribution >= 4 is 18.0 Å². The van der Waals surface area contributed by atoms with E-state index in [0.717, 1.165) is 0 Å². The van der Waals surface area contributed by atoms with Gasteiger partial charge in [0.1, 0.15) is 6.54 Å². The minimum absolute atomic E-state index is 0.210. The van der Waals surface area contributed by atoms with Gasteiger partial charge in [0.05, 0.1) is 13.7 Å². The first-order valence-corrected chi connectivity index (χ1v) is 5.70. The molecule has 0 aliphatic rings. The minimum Gasteiger partial charge on any atom is -0.468 e. The Morgan fingerprint density at radius 2 is 2.11 bits per heavy atom. The fraction of sp³-hybridized carbons (Fsp3) is 0.308. The number of hydrogen-bond donors (Lipinski definition) is 0. The third-order valence-electron chi connectivity index (χ3n) is 2.28. The van der Waals surface area contributed by atoms with Gasteiger partial charge in [0.2, 0.25) is 0 Å². The van der Waals surface area contributed by atoms with Crippen LogP contribution in [-0.4, -0.2) is 30.2 Å². The molecule has 0 bridgehead atoms. The molecule has 0 amide bonds. The zero-order valence-electron chi connectivity index (χ0n) is 10.8. The van der Waals surface area contributed by atoms with Crippen LogP contribution >= 0.6 is 0 Å². The summed E-state index contributed by atoms with van der Waals surface area (Å²) in [6, 6.07) is 4.48. The van der Waals surface area contributed by atoms with Crippen molar-refractivity contribution < 1.29 is 19.1 Å². The quantitative estimate of drug-likeness (QED) is 0.575. The lowest BCUT2D eigenvalue weighted by molar-refractivity contribution is -0.141. The summed E-state index contributed by atoms with van der Waals surface area (Å²) in [5.74, 6) is -1.05. The second kappa shape index (κ2) is 7.15. The summed E-state index contributed by atoms with van der Waals surface area (Å²) in [7, 11) is 1.24. The van der Waals surface area contributed by atoms with E-state index in [1.165, 1.54) is 29.9 Å². The second-order valence-electron chi connectivity index (χ2n) is 3.54. The van der Waals surface area contributed by atoms with Crippen molar-refractivity contribution in [2.45, 2.75) is 13.5 Å². The van der Waals surface area contributed by atoms with Crippen LogP contribution < -0.4 is 5.56 Å². The topological polar surface area (TPSA) is 74.6 Å². The van der Waals surface area contributed by atoms with Gasteiger partial charge in [-0.1, -0.05) is 6.07 Å². The summed E-state index contributed by atoms with van der Waals surface area (Å²) in [6.45, 7) is 1.76. The van der Waals surface area contributed by atoms with Crippen molar-refractivity contribution in [2.24, 2.45) is 0 Å². The van der Waals surface area contributed by atoms with Crippen LogP contribution in [0.5, 0.6) is 0 Å². The van der Waals surface area contributed by atoms with E-state index in [1.807, 2.05) is 0 Å². The molecule has 0 aromatic carbocycles. The van der Waals surface area contributed by atoms with Gasteiger partial charge in [-0.05, 0) is 19.1 Å². The molecule has 0 radical (unpaired) electrons. The van der Waals surface area contributed by atoms with E-state index in [-0.39, 0.29) is 18.7 Å². The van der Waals surface area contributed by atoms with E-state index in [4.69, 9.17) is 4.74 Å². The van der Waals surface area contributed by atoms with Gasteiger partial charge >= 0.3 is 11.9 Å². The van der Waals surface area contributed by atoms with E-state index in [2.05, 4.69) is 4.74 Å². The van der Waals surface area contributed by atoms with Crippen LogP contribution in [-0.2, 0) is 25.6 Å². The zero-order valence-corrected chi connectivity index (χ0v) is 10.8. The lowest BCUT2D eigenvalue weighted by Crippen LogP contribution is -2.25. The molecule has 0 aliphatic heterocycles. The number of esters is 2. The molecule has 19 heavy (non-hydrogen) atoms. The maximum Gasteiger partial charge on any atom is 0.330 e. The average Bonchev–Trinajstić information content (AvgIpc) is 2.39. The molecule has 0 saturated carbocycles. The second-order valence-corrected chi connectivity index (χ2v) is 3.54. The van der Waals surface area contributed by atoms with Crippen LogP contribution in [0, 0.1) is 0 Å². The molecule has 1 heterocycles. The third kappa shape index (κ3) is 4.42. The van der Waals surface area contributed by atoms with Gasteiger partial charge in [0.25, 0.3) is 5.56 Å². The standard InChI is InChI=1S/C13H15NO5/c1-3-19-12(16)8-7-10-5-4-6-11(15)14(10)9-13(17)18-2/h4-8H,3,9H2,1-2H3/b8-7+. The first kappa shape index (κ1) is 14.7. The predicted octanol–water partition coefficient (Wildman–Crippen LogP) is 0.598. The van der Waals surface area contributed by atoms with Crippen LogP contribution in [0.4, 0.5) is 0 Å². The Hall–Kier alpha value is -2.37. The number of pyridine rings is 1. The van der Waals surface area contributed by atoms with E-state index in [1.54, 1.807) is 19.1 Å². The number of nitrogens with zero attached hydrogens (tertiary/aromatic N) is 1. The Morgan fingerprint density at radius 1 is 1.37 bits per heavy atom. The van der Waals surface area contributed by atoms with Gasteiger partial charge in [0, 0.05) is 17.8 Å². The summed E-state index contributed by atoms with van der Waals surface area (Å²) >= 11 is 0. The first-order chi connectivity index (χ1) is 9.08. The Bertz CT molecular complexity index is 544. The molecule has 0 saturated heterocycles. The smallest absolute Gasteiger partial charge is 0.330 e. The third-order valence-corrected chi connectivity index (χ3v) is 2.28. The van der Waals surface area contributed by atoms with Gasteiger partial charge in [-0.3, -0.25) is 14.2 Å². The van der Waals surface area contributed by atoms with Crippen LogP contribution in [0.15, 0.2) is 29.1 Å². The number of ether oxygens (including phenoxy) is 2. The lowest BCUT2D eigenvalue weighted by atomic mass is 10.3. The summed E-state index contributed by atoms with van der Waals surface area (Å²) in [5.41, 5.74) is 0.0716. The largest absolute Gasteiger partial charge is 0.468 e. The number of hydrogen-bond acceptors (Lipinski definition) is 5.